The van der Waals surface area contributed by atoms with Crippen LogP contribution in [0.2, 0.25) is 8.67 Å². The van der Waals surface area contributed by atoms with Crippen molar-refractivity contribution in [1.29, 1.82) is 0 Å². The highest BCUT2D eigenvalue weighted by Crippen LogP contribution is 2.50. The van der Waals surface area contributed by atoms with Crippen LogP contribution in [0.3, 0.4) is 0 Å². The van der Waals surface area contributed by atoms with Crippen LogP contribution >= 0.6 is 45.9 Å². The SMILES string of the molecule is O=C(Nc1nc2c(s1)-c1cccc3cccc-2c13)c1cc(Cl)sc1Cl. The molecule has 25 heavy (non-hydrogen) atoms. The van der Waals surface area contributed by atoms with Gasteiger partial charge in [0.25, 0.3) is 5.91 Å². The highest BCUT2D eigenvalue weighted by molar-refractivity contribution is 7.20. The van der Waals surface area contributed by atoms with Gasteiger partial charge >= 0.3 is 0 Å². The monoisotopic (exact) mass is 402 g/mol. The molecule has 1 aliphatic rings. The Bertz CT molecular complexity index is 1120. The summed E-state index contributed by atoms with van der Waals surface area (Å²) in [5, 5.41) is 5.82. The number of anilines is 1. The lowest BCUT2D eigenvalue weighted by Gasteiger charge is -2.03. The number of benzene rings is 2. The molecule has 0 saturated heterocycles. The van der Waals surface area contributed by atoms with Gasteiger partial charge in [0, 0.05) is 11.1 Å². The Hall–Kier alpha value is -1.92. The van der Waals surface area contributed by atoms with Gasteiger partial charge in [-0.25, -0.2) is 4.98 Å². The smallest absolute Gasteiger partial charge is 0.259 e. The molecule has 1 amide bonds. The van der Waals surface area contributed by atoms with Crippen LogP contribution in [0, 0.1) is 0 Å². The first-order valence-corrected chi connectivity index (χ1v) is 9.80. The summed E-state index contributed by atoms with van der Waals surface area (Å²) < 4.78 is 0.860. The Morgan fingerprint density at radius 3 is 2.52 bits per heavy atom. The predicted molar refractivity (Wildman–Crippen MR) is 106 cm³/mol. The molecule has 0 radical (unpaired) electrons. The quantitative estimate of drug-likeness (QED) is 0.363. The van der Waals surface area contributed by atoms with Crippen LogP contribution in [0.4, 0.5) is 5.13 Å². The van der Waals surface area contributed by atoms with E-state index in [-0.39, 0.29) is 5.91 Å². The topological polar surface area (TPSA) is 42.0 Å². The Morgan fingerprint density at radius 2 is 1.80 bits per heavy atom. The zero-order chi connectivity index (χ0) is 17.1. The van der Waals surface area contributed by atoms with E-state index in [0.717, 1.165) is 21.7 Å². The van der Waals surface area contributed by atoms with Crippen molar-refractivity contribution in [2.24, 2.45) is 0 Å². The summed E-state index contributed by atoms with van der Waals surface area (Å²) in [6.45, 7) is 0. The number of thiophene rings is 1. The van der Waals surface area contributed by atoms with Crippen molar-refractivity contribution in [2.45, 2.75) is 0 Å². The molecule has 3 nitrogen and oxygen atoms in total. The van der Waals surface area contributed by atoms with E-state index in [4.69, 9.17) is 23.2 Å². The molecule has 0 atom stereocenters. The first-order valence-electron chi connectivity index (χ1n) is 7.41. The van der Waals surface area contributed by atoms with Crippen LogP contribution in [0.1, 0.15) is 10.4 Å². The van der Waals surface area contributed by atoms with Crippen LogP contribution in [0.15, 0.2) is 42.5 Å². The summed E-state index contributed by atoms with van der Waals surface area (Å²) in [5.74, 6) is -0.299. The Balaban J connectivity index is 1.55. The minimum atomic E-state index is -0.299. The predicted octanol–water partition coefficient (Wildman–Crippen LogP) is 6.56. The van der Waals surface area contributed by atoms with Gasteiger partial charge in [-0.3, -0.25) is 10.1 Å². The number of carbonyl (C=O) groups is 1. The molecule has 122 valence electrons. The maximum Gasteiger partial charge on any atom is 0.259 e. The maximum absolute atomic E-state index is 12.4. The van der Waals surface area contributed by atoms with E-state index in [1.165, 1.54) is 33.4 Å². The first kappa shape index (κ1) is 15.3. The van der Waals surface area contributed by atoms with E-state index in [0.29, 0.717) is 19.4 Å². The van der Waals surface area contributed by atoms with Gasteiger partial charge in [0.15, 0.2) is 5.13 Å². The number of carbonyl (C=O) groups excluding carboxylic acids is 1. The molecule has 1 aliphatic carbocycles. The lowest BCUT2D eigenvalue weighted by atomic mass is 10.0. The fraction of sp³-hybridized carbons (Fsp3) is 0. The van der Waals surface area contributed by atoms with Gasteiger partial charge in [0.1, 0.15) is 4.34 Å². The van der Waals surface area contributed by atoms with E-state index in [1.807, 2.05) is 12.1 Å². The van der Waals surface area contributed by atoms with Gasteiger partial charge in [-0.1, -0.05) is 70.9 Å². The molecule has 0 saturated carbocycles. The lowest BCUT2D eigenvalue weighted by molar-refractivity contribution is 0.102. The van der Waals surface area contributed by atoms with E-state index in [1.54, 1.807) is 6.07 Å². The summed E-state index contributed by atoms with van der Waals surface area (Å²) in [4.78, 5) is 18.2. The fourth-order valence-corrected chi connectivity index (χ4v) is 5.59. The largest absolute Gasteiger partial charge is 0.298 e. The molecular weight excluding hydrogens is 395 g/mol. The first-order chi connectivity index (χ1) is 12.1. The molecule has 2 aromatic heterocycles. The average Bonchev–Trinajstić information content (AvgIpc) is 3.23. The van der Waals surface area contributed by atoms with Gasteiger partial charge in [-0.2, -0.15) is 0 Å². The van der Waals surface area contributed by atoms with Crippen molar-refractivity contribution in [3.05, 3.63) is 56.7 Å². The zero-order valence-corrected chi connectivity index (χ0v) is 15.6. The van der Waals surface area contributed by atoms with Crippen molar-refractivity contribution in [3.63, 3.8) is 0 Å². The number of fused-ring (bicyclic) bond motifs is 3. The van der Waals surface area contributed by atoms with Crippen molar-refractivity contribution >= 4 is 67.7 Å². The van der Waals surface area contributed by atoms with Gasteiger partial charge in [0.2, 0.25) is 0 Å². The van der Waals surface area contributed by atoms with E-state index >= 15 is 0 Å². The highest BCUT2D eigenvalue weighted by Gasteiger charge is 2.26. The molecule has 4 aromatic rings. The number of hydrogen-bond donors (Lipinski definition) is 1. The molecule has 0 aliphatic heterocycles. The number of rotatable bonds is 2. The summed E-state index contributed by atoms with van der Waals surface area (Å²) in [7, 11) is 0. The van der Waals surface area contributed by atoms with Crippen LogP contribution in [-0.4, -0.2) is 10.9 Å². The van der Waals surface area contributed by atoms with E-state index in [9.17, 15) is 4.79 Å². The summed E-state index contributed by atoms with van der Waals surface area (Å²) >= 11 is 14.6. The molecule has 5 rings (SSSR count). The second kappa shape index (κ2) is 5.54. The summed E-state index contributed by atoms with van der Waals surface area (Å²) in [6, 6.07) is 14.0. The Labute approximate surface area is 160 Å². The molecule has 7 heteroatoms. The zero-order valence-electron chi connectivity index (χ0n) is 12.5. The molecule has 0 fully saturated rings. The second-order valence-electron chi connectivity index (χ2n) is 5.60. The molecule has 2 aromatic carbocycles. The fourth-order valence-electron chi connectivity index (χ4n) is 3.13. The Kier molecular flexibility index (Phi) is 3.40. The van der Waals surface area contributed by atoms with Crippen molar-refractivity contribution in [2.75, 3.05) is 5.32 Å². The third-order valence-electron chi connectivity index (χ3n) is 4.15. The standard InChI is InChI=1S/C18H8Cl2N2OS2/c19-12-7-11(16(20)24-12)17(23)22-18-21-14-9-5-1-3-8-4-2-6-10(13(8)9)15(14)25-18/h1-7H,(H,21,22,23). The number of amides is 1. The number of aromatic nitrogens is 1. The van der Waals surface area contributed by atoms with Crippen LogP contribution in [-0.2, 0) is 0 Å². The van der Waals surface area contributed by atoms with Crippen LogP contribution < -0.4 is 5.32 Å². The third kappa shape index (κ3) is 2.31. The third-order valence-corrected chi connectivity index (χ3v) is 6.65. The summed E-state index contributed by atoms with van der Waals surface area (Å²) in [6.07, 6.45) is 0. The summed E-state index contributed by atoms with van der Waals surface area (Å²) in [5.41, 5.74) is 3.56. The minimum Gasteiger partial charge on any atom is -0.298 e. The van der Waals surface area contributed by atoms with Crippen molar-refractivity contribution in [1.82, 2.24) is 4.98 Å². The van der Waals surface area contributed by atoms with Crippen molar-refractivity contribution in [3.8, 4) is 21.7 Å². The molecule has 2 heterocycles. The molecule has 0 spiro atoms. The van der Waals surface area contributed by atoms with E-state index < -0.39 is 0 Å². The maximum atomic E-state index is 12.4. The Morgan fingerprint density at radius 1 is 1.04 bits per heavy atom. The molecule has 0 unspecified atom stereocenters. The van der Waals surface area contributed by atoms with Gasteiger partial charge in [-0.05, 0) is 16.8 Å². The molecule has 0 bridgehead atoms. The van der Waals surface area contributed by atoms with Crippen LogP contribution in [0.5, 0.6) is 0 Å². The lowest BCUT2D eigenvalue weighted by Crippen LogP contribution is -2.11. The second-order valence-corrected chi connectivity index (χ2v) is 8.88. The number of nitrogens with one attached hydrogen (secondary N) is 1. The number of hydrogen-bond acceptors (Lipinski definition) is 4. The highest BCUT2D eigenvalue weighted by atomic mass is 35.5. The molecular formula is C18H8Cl2N2OS2. The number of nitrogens with zero attached hydrogens (tertiary/aromatic N) is 1. The number of thiazole rings is 1. The van der Waals surface area contributed by atoms with Gasteiger partial charge < -0.3 is 0 Å². The van der Waals surface area contributed by atoms with Gasteiger partial charge in [-0.15, -0.1) is 11.3 Å². The minimum absolute atomic E-state index is 0.299. The van der Waals surface area contributed by atoms with Gasteiger partial charge in [0.05, 0.1) is 20.5 Å². The number of halogens is 2. The molecule has 1 N–H and O–H groups in total. The normalized spacial score (nSPS) is 11.8. The average molecular weight is 403 g/mol. The van der Waals surface area contributed by atoms with Crippen LogP contribution in [0.25, 0.3) is 32.5 Å². The van der Waals surface area contributed by atoms with E-state index in [2.05, 4.69) is 34.6 Å². The van der Waals surface area contributed by atoms with Crippen molar-refractivity contribution < 1.29 is 4.79 Å².